The van der Waals surface area contributed by atoms with E-state index in [1.54, 1.807) is 31.6 Å². The molecule has 1 aromatic heterocycles. The highest BCUT2D eigenvalue weighted by Crippen LogP contribution is 2.16. The molecule has 1 aliphatic rings. The maximum Gasteiger partial charge on any atom is 0.191 e. The summed E-state index contributed by atoms with van der Waals surface area (Å²) in [5.41, 5.74) is 2.98. The van der Waals surface area contributed by atoms with E-state index < -0.39 is 0 Å². The van der Waals surface area contributed by atoms with Crippen molar-refractivity contribution in [3.8, 4) is 0 Å². The summed E-state index contributed by atoms with van der Waals surface area (Å²) >= 11 is 1.76. The molecule has 5 nitrogen and oxygen atoms in total. The van der Waals surface area contributed by atoms with E-state index >= 15 is 0 Å². The van der Waals surface area contributed by atoms with Gasteiger partial charge in [-0.15, -0.1) is 24.0 Å². The van der Waals surface area contributed by atoms with E-state index in [0.717, 1.165) is 44.0 Å². The zero-order valence-electron chi connectivity index (χ0n) is 17.0. The summed E-state index contributed by atoms with van der Waals surface area (Å²) in [5.74, 6) is 0.552. The molecule has 1 aromatic carbocycles. The van der Waals surface area contributed by atoms with Gasteiger partial charge in [0.1, 0.15) is 5.82 Å². The number of ether oxygens (including phenoxy) is 1. The van der Waals surface area contributed by atoms with Crippen LogP contribution in [-0.4, -0.2) is 44.1 Å². The summed E-state index contributed by atoms with van der Waals surface area (Å²) in [6.45, 7) is 4.08. The van der Waals surface area contributed by atoms with Gasteiger partial charge in [-0.3, -0.25) is 9.89 Å². The van der Waals surface area contributed by atoms with Crippen molar-refractivity contribution in [1.82, 2.24) is 15.5 Å². The Kier molecular flexibility index (Phi) is 10.3. The van der Waals surface area contributed by atoms with Crippen molar-refractivity contribution in [3.05, 3.63) is 57.5 Å². The van der Waals surface area contributed by atoms with E-state index in [-0.39, 0.29) is 36.4 Å². The third-order valence-corrected chi connectivity index (χ3v) is 5.74. The summed E-state index contributed by atoms with van der Waals surface area (Å²) in [6.07, 6.45) is 2.19. The first-order valence-corrected chi connectivity index (χ1v) is 10.6. The molecule has 29 heavy (non-hydrogen) atoms. The lowest BCUT2D eigenvalue weighted by Gasteiger charge is -2.33. The van der Waals surface area contributed by atoms with Gasteiger partial charge < -0.3 is 15.4 Å². The van der Waals surface area contributed by atoms with Crippen LogP contribution in [0.25, 0.3) is 0 Å². The maximum absolute atomic E-state index is 13.7. The van der Waals surface area contributed by atoms with Crippen molar-refractivity contribution in [3.63, 3.8) is 0 Å². The number of benzene rings is 1. The van der Waals surface area contributed by atoms with Gasteiger partial charge in [-0.05, 0) is 52.9 Å². The molecule has 2 heterocycles. The van der Waals surface area contributed by atoms with Gasteiger partial charge in [-0.25, -0.2) is 4.39 Å². The molecule has 3 rings (SSSR count). The van der Waals surface area contributed by atoms with E-state index in [9.17, 15) is 4.39 Å². The largest absolute Gasteiger partial charge is 0.380 e. The van der Waals surface area contributed by atoms with Crippen LogP contribution in [0.5, 0.6) is 0 Å². The fourth-order valence-corrected chi connectivity index (χ4v) is 4.11. The van der Waals surface area contributed by atoms with Crippen molar-refractivity contribution >= 4 is 41.3 Å². The van der Waals surface area contributed by atoms with Gasteiger partial charge in [-0.2, -0.15) is 11.3 Å². The summed E-state index contributed by atoms with van der Waals surface area (Å²) in [7, 11) is 3.35. The van der Waals surface area contributed by atoms with Crippen LogP contribution in [0.4, 0.5) is 4.39 Å². The Morgan fingerprint density at radius 2 is 2.07 bits per heavy atom. The summed E-state index contributed by atoms with van der Waals surface area (Å²) in [4.78, 5) is 6.84. The average Bonchev–Trinajstić information content (AvgIpc) is 3.22. The van der Waals surface area contributed by atoms with Crippen molar-refractivity contribution in [2.45, 2.75) is 38.6 Å². The minimum Gasteiger partial charge on any atom is -0.380 e. The molecule has 0 aliphatic carbocycles. The van der Waals surface area contributed by atoms with Crippen LogP contribution < -0.4 is 10.6 Å². The highest BCUT2D eigenvalue weighted by molar-refractivity contribution is 14.0. The van der Waals surface area contributed by atoms with Gasteiger partial charge in [0.2, 0.25) is 0 Å². The van der Waals surface area contributed by atoms with Crippen LogP contribution in [0.2, 0.25) is 0 Å². The molecule has 8 heteroatoms. The highest BCUT2D eigenvalue weighted by Gasteiger charge is 2.20. The van der Waals surface area contributed by atoms with Crippen LogP contribution in [0.15, 0.2) is 40.0 Å². The molecule has 160 valence electrons. The van der Waals surface area contributed by atoms with E-state index in [2.05, 4.69) is 37.4 Å². The summed E-state index contributed by atoms with van der Waals surface area (Å²) < 4.78 is 18.8. The van der Waals surface area contributed by atoms with E-state index in [1.807, 2.05) is 6.07 Å². The number of nitrogens with one attached hydrogen (secondary N) is 2. The number of aliphatic imine (C=N–C) groups is 1. The van der Waals surface area contributed by atoms with Crippen molar-refractivity contribution in [1.29, 1.82) is 0 Å². The van der Waals surface area contributed by atoms with Gasteiger partial charge in [0, 0.05) is 51.9 Å². The first-order chi connectivity index (χ1) is 13.7. The van der Waals surface area contributed by atoms with Gasteiger partial charge >= 0.3 is 0 Å². The van der Waals surface area contributed by atoms with Gasteiger partial charge in [0.25, 0.3) is 0 Å². The number of hydrogen-bond donors (Lipinski definition) is 2. The normalized spacial score (nSPS) is 15.8. The molecule has 0 amide bonds. The molecular formula is C21H30FIN4OS. The monoisotopic (exact) mass is 532 g/mol. The number of likely N-dealkylation sites (tertiary alicyclic amines) is 1. The zero-order valence-corrected chi connectivity index (χ0v) is 20.1. The minimum absolute atomic E-state index is 0. The molecule has 1 saturated heterocycles. The highest BCUT2D eigenvalue weighted by atomic mass is 127. The topological polar surface area (TPSA) is 48.9 Å². The van der Waals surface area contributed by atoms with Gasteiger partial charge in [-0.1, -0.05) is 6.07 Å². The number of methoxy groups -OCH3 is 1. The van der Waals surface area contributed by atoms with E-state index in [1.165, 1.54) is 11.6 Å². The first-order valence-electron chi connectivity index (χ1n) is 9.64. The number of hydrogen-bond acceptors (Lipinski definition) is 4. The number of nitrogens with zero attached hydrogens (tertiary/aromatic N) is 2. The van der Waals surface area contributed by atoms with Crippen LogP contribution in [0.1, 0.15) is 29.5 Å². The van der Waals surface area contributed by atoms with Gasteiger partial charge in [0.05, 0.1) is 6.61 Å². The lowest BCUT2D eigenvalue weighted by atomic mass is 10.0. The second-order valence-corrected chi connectivity index (χ2v) is 7.89. The quantitative estimate of drug-likeness (QED) is 0.322. The Labute approximate surface area is 193 Å². The third-order valence-electron chi connectivity index (χ3n) is 5.01. The number of guanidine groups is 1. The van der Waals surface area contributed by atoms with E-state index in [0.29, 0.717) is 18.2 Å². The Morgan fingerprint density at radius 1 is 1.28 bits per heavy atom. The smallest absolute Gasteiger partial charge is 0.191 e. The fraction of sp³-hybridized carbons (Fsp3) is 0.476. The second-order valence-electron chi connectivity index (χ2n) is 7.11. The molecule has 2 aromatic rings. The Morgan fingerprint density at radius 3 is 2.72 bits per heavy atom. The van der Waals surface area contributed by atoms with Crippen LogP contribution in [-0.2, 0) is 24.4 Å². The number of halogens is 2. The summed E-state index contributed by atoms with van der Waals surface area (Å²) in [5, 5.41) is 11.2. The number of piperidine rings is 1. The predicted molar refractivity (Wildman–Crippen MR) is 128 cm³/mol. The fourth-order valence-electron chi connectivity index (χ4n) is 3.45. The van der Waals surface area contributed by atoms with Crippen molar-refractivity contribution in [2.75, 3.05) is 27.2 Å². The number of thiophene rings is 1. The Bertz CT molecular complexity index is 764. The van der Waals surface area contributed by atoms with Crippen LogP contribution in [0.3, 0.4) is 0 Å². The Hall–Kier alpha value is -1.23. The van der Waals surface area contributed by atoms with E-state index in [4.69, 9.17) is 4.74 Å². The third kappa shape index (κ3) is 7.51. The van der Waals surface area contributed by atoms with Crippen molar-refractivity contribution < 1.29 is 9.13 Å². The average molecular weight is 532 g/mol. The molecule has 0 saturated carbocycles. The molecule has 0 unspecified atom stereocenters. The first kappa shape index (κ1) is 24.0. The standard InChI is InChI=1S/C21H29FN4OS.HI/c1-23-21(24-12-16-3-4-20(22)18(11-16)14-27-2)25-19-5-8-26(9-6-19)13-17-7-10-28-15-17;/h3-4,7,10-11,15,19H,5-6,8-9,12-14H2,1-2H3,(H2,23,24,25);1H. The molecule has 0 radical (unpaired) electrons. The summed E-state index contributed by atoms with van der Waals surface area (Å²) in [6, 6.07) is 7.74. The lowest BCUT2D eigenvalue weighted by Crippen LogP contribution is -2.48. The molecular weight excluding hydrogens is 502 g/mol. The second kappa shape index (κ2) is 12.5. The minimum atomic E-state index is -0.234. The molecule has 1 aliphatic heterocycles. The molecule has 0 bridgehead atoms. The zero-order chi connectivity index (χ0) is 19.8. The SMILES string of the molecule is CN=C(NCc1ccc(F)c(COC)c1)NC1CCN(Cc2ccsc2)CC1.I. The lowest BCUT2D eigenvalue weighted by molar-refractivity contribution is 0.181. The predicted octanol–water partition coefficient (Wildman–Crippen LogP) is 3.98. The maximum atomic E-state index is 13.7. The molecule has 0 spiro atoms. The molecule has 2 N–H and O–H groups in total. The van der Waals surface area contributed by atoms with Crippen molar-refractivity contribution in [2.24, 2.45) is 4.99 Å². The van der Waals surface area contributed by atoms with Crippen LogP contribution in [0, 0.1) is 5.82 Å². The Balaban J connectivity index is 0.00000300. The van der Waals surface area contributed by atoms with Crippen LogP contribution >= 0.6 is 35.3 Å². The molecule has 1 fully saturated rings. The molecule has 0 atom stereocenters. The number of rotatable bonds is 7. The van der Waals surface area contributed by atoms with Gasteiger partial charge in [0.15, 0.2) is 5.96 Å².